The molecule has 3 aromatic heterocycles. The summed E-state index contributed by atoms with van der Waals surface area (Å²) in [5.41, 5.74) is 1.49. The van der Waals surface area contributed by atoms with Crippen LogP contribution in [-0.2, 0) is 11.0 Å². The first-order chi connectivity index (χ1) is 20.2. The Bertz CT molecular complexity index is 1490. The Morgan fingerprint density at radius 3 is 2.48 bits per heavy atom. The van der Waals surface area contributed by atoms with Crippen molar-refractivity contribution in [1.29, 1.82) is 0 Å². The molecule has 0 saturated carbocycles. The molecule has 1 aliphatic rings. The van der Waals surface area contributed by atoms with E-state index in [1.807, 2.05) is 60.4 Å². The number of amides is 1. The molecule has 1 aliphatic heterocycles. The molecule has 0 aliphatic carbocycles. The summed E-state index contributed by atoms with van der Waals surface area (Å²) in [5.74, 6) is 2.01. The zero-order valence-corrected chi connectivity index (χ0v) is 23.1. The van der Waals surface area contributed by atoms with Gasteiger partial charge in [0.1, 0.15) is 23.2 Å². The molecule has 1 aromatic carbocycles. The lowest BCUT2D eigenvalue weighted by Gasteiger charge is -2.32. The molecule has 0 spiro atoms. The summed E-state index contributed by atoms with van der Waals surface area (Å²) in [4.78, 5) is 27.6. The van der Waals surface area contributed by atoms with E-state index in [0.29, 0.717) is 37.6 Å². The first-order valence-electron chi connectivity index (χ1n) is 13.7. The largest absolute Gasteiger partial charge is 0.493 e. The second-order valence-corrected chi connectivity index (χ2v) is 10.1. The number of halogens is 3. The predicted octanol–water partition coefficient (Wildman–Crippen LogP) is 6.48. The van der Waals surface area contributed by atoms with E-state index in [2.05, 4.69) is 25.6 Å². The van der Waals surface area contributed by atoms with Crippen molar-refractivity contribution in [2.24, 2.45) is 0 Å². The molecule has 5 rings (SSSR count). The van der Waals surface area contributed by atoms with Crippen LogP contribution in [0, 0.1) is 6.92 Å². The van der Waals surface area contributed by atoms with Gasteiger partial charge >= 0.3 is 6.18 Å². The Labute approximate surface area is 242 Å². The van der Waals surface area contributed by atoms with Gasteiger partial charge in [0.15, 0.2) is 0 Å². The molecule has 8 nitrogen and oxygen atoms in total. The van der Waals surface area contributed by atoms with Gasteiger partial charge in [0.2, 0.25) is 5.91 Å². The van der Waals surface area contributed by atoms with Gasteiger partial charge in [-0.2, -0.15) is 13.2 Å². The zero-order chi connectivity index (χ0) is 29.5. The second kappa shape index (κ2) is 12.9. The highest BCUT2D eigenvalue weighted by molar-refractivity contribution is 5.76. The van der Waals surface area contributed by atoms with Gasteiger partial charge in [0, 0.05) is 37.1 Å². The van der Waals surface area contributed by atoms with Crippen LogP contribution in [0.25, 0.3) is 11.3 Å². The number of benzene rings is 1. The Morgan fingerprint density at radius 2 is 1.76 bits per heavy atom. The lowest BCUT2D eigenvalue weighted by Crippen LogP contribution is -2.42. The molecule has 2 N–H and O–H groups in total. The number of alkyl halides is 3. The maximum absolute atomic E-state index is 13.1. The number of aryl methyl sites for hydroxylation is 1. The fourth-order valence-electron chi connectivity index (χ4n) is 4.73. The van der Waals surface area contributed by atoms with Crippen molar-refractivity contribution < 1.29 is 22.7 Å². The summed E-state index contributed by atoms with van der Waals surface area (Å²) < 4.78 is 44.9. The van der Waals surface area contributed by atoms with E-state index in [1.165, 1.54) is 0 Å². The number of carbonyl (C=O) groups excluding carboxylic acids is 1. The number of aromatic nitrogens is 3. The Morgan fingerprint density at radius 1 is 0.976 bits per heavy atom. The highest BCUT2D eigenvalue weighted by atomic mass is 19.4. The average Bonchev–Trinajstić information content (AvgIpc) is 2.98. The molecule has 1 amide bonds. The number of nitrogens with one attached hydrogen (secondary N) is 2. The maximum atomic E-state index is 13.1. The number of hydrogen-bond donors (Lipinski definition) is 2. The predicted molar refractivity (Wildman–Crippen MR) is 155 cm³/mol. The smallest absolute Gasteiger partial charge is 0.416 e. The van der Waals surface area contributed by atoms with E-state index in [4.69, 9.17) is 4.74 Å². The van der Waals surface area contributed by atoms with Crippen molar-refractivity contribution in [2.75, 3.05) is 30.3 Å². The molecule has 11 heteroatoms. The summed E-state index contributed by atoms with van der Waals surface area (Å²) in [7, 11) is 0. The molecule has 0 radical (unpaired) electrons. The van der Waals surface area contributed by atoms with Crippen molar-refractivity contribution in [3.8, 4) is 17.0 Å². The molecular formula is C31H31F3N6O2. The van der Waals surface area contributed by atoms with Gasteiger partial charge in [-0.3, -0.25) is 4.79 Å². The minimum Gasteiger partial charge on any atom is -0.493 e. The minimum absolute atomic E-state index is 0.0554. The summed E-state index contributed by atoms with van der Waals surface area (Å²) in [6.07, 6.45) is 0.331. The highest BCUT2D eigenvalue weighted by Gasteiger charge is 2.30. The molecule has 4 heterocycles. The van der Waals surface area contributed by atoms with E-state index in [1.54, 1.807) is 12.3 Å². The monoisotopic (exact) mass is 576 g/mol. The normalized spacial score (nSPS) is 14.0. The first kappa shape index (κ1) is 28.8. The van der Waals surface area contributed by atoms with Crippen molar-refractivity contribution in [1.82, 2.24) is 19.9 Å². The summed E-state index contributed by atoms with van der Waals surface area (Å²) in [6, 6.07) is 18.9. The van der Waals surface area contributed by atoms with E-state index < -0.39 is 11.7 Å². The third-order valence-electron chi connectivity index (χ3n) is 6.90. The van der Waals surface area contributed by atoms with E-state index in [9.17, 15) is 18.0 Å². The SMILES string of the molecule is Cc1cc(Nc2cc(C(F)(F)F)ccn2)nc(-c2ccc(NC3CCN(C(=O)CCOc4ccccc4)CC3)nc2)c1. The van der Waals surface area contributed by atoms with Crippen molar-refractivity contribution in [2.45, 2.75) is 38.4 Å². The van der Waals surface area contributed by atoms with Gasteiger partial charge in [-0.15, -0.1) is 0 Å². The lowest BCUT2D eigenvalue weighted by atomic mass is 10.0. The van der Waals surface area contributed by atoms with Gasteiger partial charge < -0.3 is 20.3 Å². The number of ether oxygens (including phenoxy) is 1. The van der Waals surface area contributed by atoms with Crippen LogP contribution in [-0.4, -0.2) is 51.5 Å². The quantitative estimate of drug-likeness (QED) is 0.236. The maximum Gasteiger partial charge on any atom is 0.416 e. The third-order valence-corrected chi connectivity index (χ3v) is 6.90. The van der Waals surface area contributed by atoms with E-state index >= 15 is 0 Å². The molecule has 42 heavy (non-hydrogen) atoms. The fraction of sp³-hybridized carbons (Fsp3) is 0.290. The topological polar surface area (TPSA) is 92.3 Å². The van der Waals surface area contributed by atoms with Crippen LogP contribution in [0.2, 0.25) is 0 Å². The molecular weight excluding hydrogens is 545 g/mol. The molecule has 0 atom stereocenters. The van der Waals surface area contributed by atoms with Gasteiger partial charge in [0.05, 0.1) is 24.3 Å². The molecule has 0 bridgehead atoms. The summed E-state index contributed by atoms with van der Waals surface area (Å²) in [5, 5.41) is 6.32. The van der Waals surface area contributed by atoms with Crippen LogP contribution in [0.4, 0.5) is 30.6 Å². The number of carbonyl (C=O) groups is 1. The van der Waals surface area contributed by atoms with Crippen LogP contribution in [0.1, 0.15) is 30.4 Å². The standard InChI is InChI=1S/C31H31F3N6O2/c1-21-17-26(38-29(18-21)39-28-19-23(9-13-35-28)31(32,33)34)22-7-8-27(36-20-22)37-24-10-14-40(15-11-24)30(41)12-16-42-25-5-3-2-4-6-25/h2-9,13,17-20,24H,10-12,14-16H2,1H3,(H,36,37)(H,35,38,39). The van der Waals surface area contributed by atoms with Crippen molar-refractivity contribution >= 4 is 23.4 Å². The number of anilines is 3. The first-order valence-corrected chi connectivity index (χ1v) is 13.7. The fourth-order valence-corrected chi connectivity index (χ4v) is 4.73. The molecule has 1 fully saturated rings. The molecule has 1 saturated heterocycles. The van der Waals surface area contributed by atoms with Gasteiger partial charge in [-0.05, 0) is 73.9 Å². The number of pyridine rings is 3. The van der Waals surface area contributed by atoms with Gasteiger partial charge in [0.25, 0.3) is 0 Å². The third kappa shape index (κ3) is 7.74. The molecule has 218 valence electrons. The van der Waals surface area contributed by atoms with E-state index in [-0.39, 0.29) is 17.8 Å². The van der Waals surface area contributed by atoms with Crippen LogP contribution in [0.15, 0.2) is 79.1 Å². The Balaban J connectivity index is 1.13. The number of para-hydroxylation sites is 1. The number of nitrogens with zero attached hydrogens (tertiary/aromatic N) is 4. The Kier molecular flexibility index (Phi) is 8.85. The second-order valence-electron chi connectivity index (χ2n) is 10.1. The van der Waals surface area contributed by atoms with Crippen LogP contribution in [0.5, 0.6) is 5.75 Å². The molecule has 4 aromatic rings. The van der Waals surface area contributed by atoms with Gasteiger partial charge in [-0.25, -0.2) is 15.0 Å². The summed E-state index contributed by atoms with van der Waals surface area (Å²) in [6.45, 7) is 3.58. The number of rotatable bonds is 9. The highest BCUT2D eigenvalue weighted by Crippen LogP contribution is 2.31. The zero-order valence-electron chi connectivity index (χ0n) is 23.1. The van der Waals surface area contributed by atoms with Crippen LogP contribution < -0.4 is 15.4 Å². The number of piperidine rings is 1. The number of likely N-dealkylation sites (tertiary alicyclic amines) is 1. The Hall–Kier alpha value is -4.67. The lowest BCUT2D eigenvalue weighted by molar-refractivity contribution is -0.137. The van der Waals surface area contributed by atoms with Gasteiger partial charge in [-0.1, -0.05) is 18.2 Å². The van der Waals surface area contributed by atoms with Crippen LogP contribution in [0.3, 0.4) is 0 Å². The van der Waals surface area contributed by atoms with E-state index in [0.717, 1.165) is 53.9 Å². The summed E-state index contributed by atoms with van der Waals surface area (Å²) >= 11 is 0. The van der Waals surface area contributed by atoms with Crippen molar-refractivity contribution in [3.05, 3.63) is 90.3 Å². The van der Waals surface area contributed by atoms with Crippen LogP contribution >= 0.6 is 0 Å². The minimum atomic E-state index is -4.46. The molecule has 0 unspecified atom stereocenters. The van der Waals surface area contributed by atoms with Crippen molar-refractivity contribution in [3.63, 3.8) is 0 Å². The average molecular weight is 577 g/mol. The number of hydrogen-bond acceptors (Lipinski definition) is 7.